The van der Waals surface area contributed by atoms with Gasteiger partial charge in [-0.2, -0.15) is 0 Å². The highest BCUT2D eigenvalue weighted by atomic mass is 16.1. The van der Waals surface area contributed by atoms with Crippen LogP contribution in [-0.2, 0) is 4.79 Å². The van der Waals surface area contributed by atoms with Gasteiger partial charge < -0.3 is 0 Å². The molecule has 0 aromatic heterocycles. The van der Waals surface area contributed by atoms with Crippen LogP contribution in [0.25, 0.3) is 0 Å². The van der Waals surface area contributed by atoms with Crippen molar-refractivity contribution in [3.63, 3.8) is 0 Å². The fraction of sp³-hybridized carbons (Fsp3) is 0.933. The van der Waals surface area contributed by atoms with Crippen molar-refractivity contribution in [2.75, 3.05) is 0 Å². The van der Waals surface area contributed by atoms with Crippen molar-refractivity contribution in [2.24, 2.45) is 22.7 Å². The fourth-order valence-electron chi connectivity index (χ4n) is 3.95. The minimum Gasteiger partial charge on any atom is -0.300 e. The molecule has 0 saturated heterocycles. The van der Waals surface area contributed by atoms with Crippen molar-refractivity contribution in [3.8, 4) is 0 Å². The molecular weight excluding hydrogens is 196 g/mol. The van der Waals surface area contributed by atoms with Gasteiger partial charge in [0.05, 0.1) is 0 Å². The second-order valence-corrected chi connectivity index (χ2v) is 7.08. The van der Waals surface area contributed by atoms with Gasteiger partial charge in [0.2, 0.25) is 0 Å². The Bertz CT molecular complexity index is 294. The summed E-state index contributed by atoms with van der Waals surface area (Å²) in [5, 5.41) is 0. The summed E-state index contributed by atoms with van der Waals surface area (Å²) in [7, 11) is 0. The topological polar surface area (TPSA) is 17.1 Å². The van der Waals surface area contributed by atoms with E-state index in [-0.39, 0.29) is 0 Å². The maximum Gasteiger partial charge on any atom is 0.133 e. The van der Waals surface area contributed by atoms with Crippen molar-refractivity contribution in [1.29, 1.82) is 0 Å². The smallest absolute Gasteiger partial charge is 0.133 e. The van der Waals surface area contributed by atoms with Crippen LogP contribution in [0.3, 0.4) is 0 Å². The van der Waals surface area contributed by atoms with E-state index in [2.05, 4.69) is 27.7 Å². The lowest BCUT2D eigenvalue weighted by atomic mass is 9.49. The van der Waals surface area contributed by atoms with Gasteiger partial charge in [0.25, 0.3) is 0 Å². The van der Waals surface area contributed by atoms with E-state index < -0.39 is 0 Å². The fourth-order valence-corrected chi connectivity index (χ4v) is 3.95. The zero-order valence-electron chi connectivity index (χ0n) is 11.3. The Balaban J connectivity index is 2.19. The van der Waals surface area contributed by atoms with E-state index in [4.69, 9.17) is 0 Å². The molecule has 0 bridgehead atoms. The molecule has 2 aliphatic rings. The first-order chi connectivity index (χ1) is 7.36. The SMILES string of the molecule is CC(C)[C@@H]1CC[C@]2(C)CC(=O)CC[C@]2(C)C1. The predicted octanol–water partition coefficient (Wildman–Crippen LogP) is 4.21. The Morgan fingerprint density at radius 3 is 2.50 bits per heavy atom. The molecule has 0 heterocycles. The molecule has 0 amide bonds. The molecule has 1 nitrogen and oxygen atoms in total. The van der Waals surface area contributed by atoms with Crippen LogP contribution < -0.4 is 0 Å². The summed E-state index contributed by atoms with van der Waals surface area (Å²) in [6.07, 6.45) is 6.74. The summed E-state index contributed by atoms with van der Waals surface area (Å²) in [4.78, 5) is 11.7. The second kappa shape index (κ2) is 3.85. The lowest BCUT2D eigenvalue weighted by Gasteiger charge is -2.55. The Morgan fingerprint density at radius 1 is 1.19 bits per heavy atom. The molecule has 1 heteroatoms. The molecule has 92 valence electrons. The van der Waals surface area contributed by atoms with Crippen LogP contribution in [0.2, 0.25) is 0 Å². The van der Waals surface area contributed by atoms with Crippen LogP contribution in [0.1, 0.15) is 66.2 Å². The van der Waals surface area contributed by atoms with Gasteiger partial charge in [-0.3, -0.25) is 4.79 Å². The average Bonchev–Trinajstić information content (AvgIpc) is 2.18. The summed E-state index contributed by atoms with van der Waals surface area (Å²) < 4.78 is 0. The van der Waals surface area contributed by atoms with Crippen molar-refractivity contribution in [3.05, 3.63) is 0 Å². The van der Waals surface area contributed by atoms with Crippen LogP contribution in [0.15, 0.2) is 0 Å². The number of rotatable bonds is 1. The molecule has 16 heavy (non-hydrogen) atoms. The summed E-state index contributed by atoms with van der Waals surface area (Å²) in [6.45, 7) is 9.50. The monoisotopic (exact) mass is 222 g/mol. The Hall–Kier alpha value is -0.330. The van der Waals surface area contributed by atoms with Gasteiger partial charge in [-0.25, -0.2) is 0 Å². The Labute approximate surface area is 100.0 Å². The normalized spacial score (nSPS) is 44.6. The first-order valence-electron chi connectivity index (χ1n) is 6.88. The summed E-state index contributed by atoms with van der Waals surface area (Å²) in [6, 6.07) is 0. The number of hydrogen-bond acceptors (Lipinski definition) is 1. The van der Waals surface area contributed by atoms with Crippen molar-refractivity contribution in [2.45, 2.75) is 66.2 Å². The molecule has 2 fully saturated rings. The highest BCUT2D eigenvalue weighted by Crippen LogP contribution is 2.59. The van der Waals surface area contributed by atoms with E-state index in [1.165, 1.54) is 19.3 Å². The summed E-state index contributed by atoms with van der Waals surface area (Å²) >= 11 is 0. The van der Waals surface area contributed by atoms with Crippen molar-refractivity contribution in [1.82, 2.24) is 0 Å². The molecule has 2 rings (SSSR count). The zero-order valence-corrected chi connectivity index (χ0v) is 11.3. The lowest BCUT2D eigenvalue weighted by Crippen LogP contribution is -2.48. The van der Waals surface area contributed by atoms with E-state index in [1.54, 1.807) is 0 Å². The van der Waals surface area contributed by atoms with Crippen molar-refractivity contribution < 1.29 is 4.79 Å². The van der Waals surface area contributed by atoms with E-state index in [9.17, 15) is 4.79 Å². The van der Waals surface area contributed by atoms with Crippen LogP contribution in [-0.4, -0.2) is 5.78 Å². The molecule has 0 aliphatic heterocycles. The van der Waals surface area contributed by atoms with Gasteiger partial charge in [-0.05, 0) is 48.3 Å². The first kappa shape index (κ1) is 12.1. The molecule has 0 radical (unpaired) electrons. The maximum atomic E-state index is 11.7. The number of hydrogen-bond donors (Lipinski definition) is 0. The molecule has 3 atom stereocenters. The maximum absolute atomic E-state index is 11.7. The van der Waals surface area contributed by atoms with Gasteiger partial charge in [0.15, 0.2) is 0 Å². The van der Waals surface area contributed by atoms with Gasteiger partial charge >= 0.3 is 0 Å². The standard InChI is InChI=1S/C15H26O/c1-11(2)12-5-7-15(4)10-13(16)6-8-14(15,3)9-12/h11-12H,5-10H2,1-4H3/t12-,14-,15-/m1/s1. The van der Waals surface area contributed by atoms with Gasteiger partial charge in [-0.15, -0.1) is 0 Å². The Morgan fingerprint density at radius 2 is 1.88 bits per heavy atom. The van der Waals surface area contributed by atoms with Gasteiger partial charge in [0, 0.05) is 12.8 Å². The number of ketones is 1. The molecule has 0 N–H and O–H groups in total. The van der Waals surface area contributed by atoms with Gasteiger partial charge in [0.1, 0.15) is 5.78 Å². The largest absolute Gasteiger partial charge is 0.300 e. The number of fused-ring (bicyclic) bond motifs is 1. The highest BCUT2D eigenvalue weighted by Gasteiger charge is 2.51. The molecule has 2 aliphatic carbocycles. The van der Waals surface area contributed by atoms with Gasteiger partial charge in [-0.1, -0.05) is 27.7 Å². The lowest BCUT2D eigenvalue weighted by molar-refractivity contribution is -0.135. The van der Waals surface area contributed by atoms with Crippen LogP contribution in [0.4, 0.5) is 0 Å². The molecule has 2 saturated carbocycles. The van der Waals surface area contributed by atoms with E-state index in [0.29, 0.717) is 16.6 Å². The second-order valence-electron chi connectivity index (χ2n) is 7.08. The quantitative estimate of drug-likeness (QED) is 0.649. The average molecular weight is 222 g/mol. The van der Waals surface area contributed by atoms with Crippen LogP contribution in [0.5, 0.6) is 0 Å². The molecule has 0 spiro atoms. The molecule has 0 aromatic carbocycles. The minimum absolute atomic E-state index is 0.299. The third-order valence-electron chi connectivity index (χ3n) is 5.72. The van der Waals surface area contributed by atoms with Crippen LogP contribution in [0, 0.1) is 22.7 Å². The summed E-state index contributed by atoms with van der Waals surface area (Å²) in [5.41, 5.74) is 0.724. The number of carbonyl (C=O) groups excluding carboxylic acids is 1. The number of Topliss-reactive ketones (excluding diaryl/α,β-unsaturated/α-hetero) is 1. The third kappa shape index (κ3) is 1.83. The highest BCUT2D eigenvalue weighted by molar-refractivity contribution is 5.80. The minimum atomic E-state index is 0.299. The van der Waals surface area contributed by atoms with E-state index in [1.807, 2.05) is 0 Å². The van der Waals surface area contributed by atoms with E-state index >= 15 is 0 Å². The van der Waals surface area contributed by atoms with Crippen LogP contribution >= 0.6 is 0 Å². The van der Waals surface area contributed by atoms with E-state index in [0.717, 1.165) is 31.1 Å². The Kier molecular flexibility index (Phi) is 2.92. The third-order valence-corrected chi connectivity index (χ3v) is 5.72. The van der Waals surface area contributed by atoms with Crippen molar-refractivity contribution >= 4 is 5.78 Å². The summed E-state index contributed by atoms with van der Waals surface area (Å²) in [5.74, 6) is 2.19. The molecule has 0 unspecified atom stereocenters. The predicted molar refractivity (Wildman–Crippen MR) is 67.3 cm³/mol. The first-order valence-corrected chi connectivity index (χ1v) is 6.88. The zero-order chi connectivity index (χ0) is 12.0. The molecule has 0 aromatic rings. The number of carbonyl (C=O) groups is 1. The molecular formula is C15H26O.